The first-order chi connectivity index (χ1) is 13.1. The van der Waals surface area contributed by atoms with Gasteiger partial charge in [-0.15, -0.1) is 11.8 Å². The zero-order chi connectivity index (χ0) is 19.0. The molecule has 1 heterocycles. The van der Waals surface area contributed by atoms with E-state index in [1.165, 1.54) is 0 Å². The summed E-state index contributed by atoms with van der Waals surface area (Å²) in [6.07, 6.45) is 4.22. The summed E-state index contributed by atoms with van der Waals surface area (Å²) in [5, 5.41) is 3.46. The quantitative estimate of drug-likeness (QED) is 0.753. The maximum atomic E-state index is 13.0. The van der Waals surface area contributed by atoms with Gasteiger partial charge in [0.2, 0.25) is 5.91 Å². The van der Waals surface area contributed by atoms with Gasteiger partial charge in [-0.25, -0.2) is 0 Å². The summed E-state index contributed by atoms with van der Waals surface area (Å²) in [5.74, 6) is 0.0528. The number of fused-ring (bicyclic) bond motifs is 1. The molecular weight excluding hydrogens is 356 g/mol. The number of hydrogen-bond donors (Lipinski definition) is 1. The van der Waals surface area contributed by atoms with Crippen molar-refractivity contribution in [3.63, 3.8) is 0 Å². The maximum Gasteiger partial charge on any atom is 0.224 e. The Morgan fingerprint density at radius 2 is 1.85 bits per heavy atom. The van der Waals surface area contributed by atoms with Crippen molar-refractivity contribution in [2.45, 2.75) is 37.1 Å². The van der Waals surface area contributed by atoms with Gasteiger partial charge in [-0.3, -0.25) is 14.5 Å². The zero-order valence-electron chi connectivity index (χ0n) is 15.5. The Labute approximate surface area is 163 Å². The van der Waals surface area contributed by atoms with Crippen molar-refractivity contribution in [3.05, 3.63) is 65.4 Å². The highest BCUT2D eigenvalue weighted by Gasteiger charge is 2.38. The first-order valence-electron chi connectivity index (χ1n) is 9.16. The lowest BCUT2D eigenvalue weighted by Gasteiger charge is -2.33. The number of nitrogens with zero attached hydrogens (tertiary/aromatic N) is 1. The highest BCUT2D eigenvalue weighted by molar-refractivity contribution is 7.98. The van der Waals surface area contributed by atoms with Gasteiger partial charge in [-0.2, -0.15) is 0 Å². The van der Waals surface area contributed by atoms with Crippen molar-refractivity contribution >= 4 is 34.8 Å². The minimum atomic E-state index is -0.405. The van der Waals surface area contributed by atoms with Gasteiger partial charge in [0.15, 0.2) is 5.78 Å². The molecule has 1 atom stereocenters. The molecule has 2 aromatic rings. The van der Waals surface area contributed by atoms with Crippen LogP contribution in [0.15, 0.2) is 64.7 Å². The number of thioether (sulfide) groups is 1. The van der Waals surface area contributed by atoms with Crippen LogP contribution in [0.2, 0.25) is 0 Å². The number of allylic oxidation sites excluding steroid dienone is 1. The van der Waals surface area contributed by atoms with Gasteiger partial charge in [0, 0.05) is 29.5 Å². The van der Waals surface area contributed by atoms with Crippen LogP contribution in [0, 0.1) is 0 Å². The Morgan fingerprint density at radius 1 is 1.11 bits per heavy atom. The second-order valence-corrected chi connectivity index (χ2v) is 7.76. The monoisotopic (exact) mass is 378 g/mol. The molecule has 27 heavy (non-hydrogen) atoms. The van der Waals surface area contributed by atoms with Gasteiger partial charge >= 0.3 is 0 Å². The van der Waals surface area contributed by atoms with E-state index in [1.54, 1.807) is 23.6 Å². The van der Waals surface area contributed by atoms with E-state index in [4.69, 9.17) is 0 Å². The van der Waals surface area contributed by atoms with Crippen LogP contribution < -0.4 is 10.2 Å². The second-order valence-electron chi connectivity index (χ2n) is 6.88. The molecule has 0 saturated carbocycles. The normalized spacial score (nSPS) is 19.1. The molecule has 4 nitrogen and oxygen atoms in total. The Hall–Kier alpha value is -2.53. The summed E-state index contributed by atoms with van der Waals surface area (Å²) in [6.45, 7) is 1.57. The van der Waals surface area contributed by atoms with Gasteiger partial charge in [0.25, 0.3) is 0 Å². The molecular formula is C22H22N2O2S. The summed E-state index contributed by atoms with van der Waals surface area (Å²) < 4.78 is 0. The number of carbonyl (C=O) groups is 2. The van der Waals surface area contributed by atoms with E-state index in [1.807, 2.05) is 42.7 Å². The van der Waals surface area contributed by atoms with E-state index in [-0.39, 0.29) is 11.7 Å². The van der Waals surface area contributed by atoms with Crippen LogP contribution in [0.1, 0.15) is 37.8 Å². The summed E-state index contributed by atoms with van der Waals surface area (Å²) in [7, 11) is 0. The van der Waals surface area contributed by atoms with Gasteiger partial charge in [0.1, 0.15) is 0 Å². The third kappa shape index (κ3) is 3.16. The Morgan fingerprint density at radius 3 is 2.56 bits per heavy atom. The summed E-state index contributed by atoms with van der Waals surface area (Å²) in [6, 6.07) is 15.5. The fraction of sp³-hybridized carbons (Fsp3) is 0.273. The lowest BCUT2D eigenvalue weighted by atomic mass is 9.86. The predicted molar refractivity (Wildman–Crippen MR) is 110 cm³/mol. The van der Waals surface area contributed by atoms with Crippen molar-refractivity contribution in [2.24, 2.45) is 0 Å². The average Bonchev–Trinajstić information content (AvgIpc) is 2.83. The van der Waals surface area contributed by atoms with Crippen LogP contribution in [-0.4, -0.2) is 17.9 Å². The molecule has 0 aromatic heterocycles. The Bertz CT molecular complexity index is 934. The van der Waals surface area contributed by atoms with Crippen LogP contribution in [0.4, 0.5) is 11.4 Å². The molecule has 1 aliphatic heterocycles. The number of anilines is 2. The molecule has 0 radical (unpaired) electrons. The number of hydrogen-bond acceptors (Lipinski definition) is 4. The third-order valence-corrected chi connectivity index (χ3v) is 5.95. The zero-order valence-corrected chi connectivity index (χ0v) is 16.3. The molecule has 0 saturated heterocycles. The first-order valence-corrected chi connectivity index (χ1v) is 10.4. The van der Waals surface area contributed by atoms with Crippen molar-refractivity contribution in [1.82, 2.24) is 0 Å². The van der Waals surface area contributed by atoms with Crippen LogP contribution >= 0.6 is 11.8 Å². The number of rotatable bonds is 2. The number of amides is 1. The van der Waals surface area contributed by atoms with Crippen LogP contribution in [0.3, 0.4) is 0 Å². The minimum Gasteiger partial charge on any atom is -0.357 e. The minimum absolute atomic E-state index is 0.0738. The maximum absolute atomic E-state index is 13.0. The highest BCUT2D eigenvalue weighted by atomic mass is 32.2. The van der Waals surface area contributed by atoms with Crippen LogP contribution in [0.25, 0.3) is 0 Å². The highest BCUT2D eigenvalue weighted by Crippen LogP contribution is 2.44. The molecule has 0 bridgehead atoms. The Kier molecular flexibility index (Phi) is 4.79. The lowest BCUT2D eigenvalue weighted by molar-refractivity contribution is -0.117. The van der Waals surface area contributed by atoms with E-state index in [0.717, 1.165) is 45.9 Å². The molecule has 4 rings (SSSR count). The molecule has 1 aliphatic carbocycles. The molecule has 2 aromatic carbocycles. The van der Waals surface area contributed by atoms with Gasteiger partial charge in [0.05, 0.1) is 17.4 Å². The standard InChI is InChI=1S/C22H22N2O2S/c1-14(25)24-19-8-4-3-6-17(19)23-18-7-5-9-20(26)21(18)22(24)15-10-12-16(27-2)13-11-15/h3-4,6,8,10-13,22-23H,5,7,9H2,1-2H3/t22-/m1/s1. The Balaban J connectivity index is 1.96. The van der Waals surface area contributed by atoms with E-state index in [0.29, 0.717) is 6.42 Å². The van der Waals surface area contributed by atoms with Crippen molar-refractivity contribution in [3.8, 4) is 0 Å². The largest absolute Gasteiger partial charge is 0.357 e. The first kappa shape index (κ1) is 17.9. The molecule has 1 amide bonds. The molecule has 1 N–H and O–H groups in total. The number of nitrogens with one attached hydrogen (secondary N) is 1. The van der Waals surface area contributed by atoms with Crippen molar-refractivity contribution in [1.29, 1.82) is 0 Å². The summed E-state index contributed by atoms with van der Waals surface area (Å²) >= 11 is 1.68. The van der Waals surface area contributed by atoms with Gasteiger partial charge in [-0.05, 0) is 48.9 Å². The molecule has 0 unspecified atom stereocenters. The second kappa shape index (κ2) is 7.24. The average molecular weight is 378 g/mol. The topological polar surface area (TPSA) is 49.4 Å². The third-order valence-electron chi connectivity index (χ3n) is 5.21. The fourth-order valence-corrected chi connectivity index (χ4v) is 4.39. The van der Waals surface area contributed by atoms with Gasteiger partial charge < -0.3 is 5.32 Å². The summed E-state index contributed by atoms with van der Waals surface area (Å²) in [5.41, 5.74) is 4.32. The smallest absolute Gasteiger partial charge is 0.224 e. The predicted octanol–water partition coefficient (Wildman–Crippen LogP) is 4.94. The molecule has 5 heteroatoms. The fourth-order valence-electron chi connectivity index (χ4n) is 3.98. The number of Topliss-reactive ketones (excluding diaryl/α,β-unsaturated/α-hetero) is 1. The molecule has 2 aliphatic rings. The van der Waals surface area contributed by atoms with E-state index < -0.39 is 6.04 Å². The number of ketones is 1. The van der Waals surface area contributed by atoms with Crippen LogP contribution in [0.5, 0.6) is 0 Å². The van der Waals surface area contributed by atoms with E-state index >= 15 is 0 Å². The number of para-hydroxylation sites is 2. The van der Waals surface area contributed by atoms with Gasteiger partial charge in [-0.1, -0.05) is 24.3 Å². The number of carbonyl (C=O) groups excluding carboxylic acids is 2. The van der Waals surface area contributed by atoms with Crippen molar-refractivity contribution in [2.75, 3.05) is 16.5 Å². The SMILES string of the molecule is CSc1ccc([C@@H]2C3=C(CCCC3=O)Nc3ccccc3N2C(C)=O)cc1. The molecule has 138 valence electrons. The van der Waals surface area contributed by atoms with Crippen LogP contribution in [-0.2, 0) is 9.59 Å². The van der Waals surface area contributed by atoms with Crippen molar-refractivity contribution < 1.29 is 9.59 Å². The van der Waals surface area contributed by atoms with E-state index in [9.17, 15) is 9.59 Å². The van der Waals surface area contributed by atoms with E-state index in [2.05, 4.69) is 17.4 Å². The lowest BCUT2D eigenvalue weighted by Crippen LogP contribution is -2.36. The molecule has 0 fully saturated rings. The molecule has 0 spiro atoms. The number of benzene rings is 2. The summed E-state index contributed by atoms with van der Waals surface area (Å²) in [4.78, 5) is 28.7.